The van der Waals surface area contributed by atoms with Crippen molar-refractivity contribution < 1.29 is 19.1 Å². The third-order valence-corrected chi connectivity index (χ3v) is 6.11. The van der Waals surface area contributed by atoms with Gasteiger partial charge in [-0.1, -0.05) is 48.9 Å². The summed E-state index contributed by atoms with van der Waals surface area (Å²) in [6.07, 6.45) is 4.38. The minimum Gasteiger partial charge on any atom is -0.463 e. The van der Waals surface area contributed by atoms with Gasteiger partial charge < -0.3 is 9.64 Å². The Morgan fingerprint density at radius 2 is 1.45 bits per heavy atom. The smallest absolute Gasteiger partial charge is 0.313 e. The summed E-state index contributed by atoms with van der Waals surface area (Å²) in [6.45, 7) is 3.07. The van der Waals surface area contributed by atoms with Crippen LogP contribution in [0.4, 0.5) is 0 Å². The summed E-state index contributed by atoms with van der Waals surface area (Å²) >= 11 is 0. The molecule has 31 heavy (non-hydrogen) atoms. The van der Waals surface area contributed by atoms with Crippen molar-refractivity contribution in [3.63, 3.8) is 0 Å². The van der Waals surface area contributed by atoms with Crippen LogP contribution in [0.2, 0.25) is 0 Å². The number of carbonyl (C=O) groups is 3. The Balaban J connectivity index is 1.35. The summed E-state index contributed by atoms with van der Waals surface area (Å²) in [5.74, 6) is -1.33. The molecule has 0 aliphatic carbocycles. The molecule has 6 heteroatoms. The van der Waals surface area contributed by atoms with Gasteiger partial charge in [-0.15, -0.1) is 0 Å². The van der Waals surface area contributed by atoms with E-state index in [2.05, 4.69) is 4.90 Å². The summed E-state index contributed by atoms with van der Waals surface area (Å²) < 4.78 is 5.55. The van der Waals surface area contributed by atoms with Gasteiger partial charge in [-0.05, 0) is 56.6 Å². The Morgan fingerprint density at radius 1 is 0.839 bits per heavy atom. The van der Waals surface area contributed by atoms with E-state index in [0.717, 1.165) is 30.1 Å². The molecule has 0 aromatic heterocycles. The molecule has 0 N–H and O–H groups in total. The van der Waals surface area contributed by atoms with Crippen LogP contribution >= 0.6 is 0 Å². The second-order valence-electron chi connectivity index (χ2n) is 8.13. The van der Waals surface area contributed by atoms with Crippen LogP contribution in [0.5, 0.6) is 0 Å². The van der Waals surface area contributed by atoms with E-state index < -0.39 is 0 Å². The summed E-state index contributed by atoms with van der Waals surface area (Å²) in [5.41, 5.74) is 1.75. The summed E-state index contributed by atoms with van der Waals surface area (Å²) in [5, 5.41) is 0. The lowest BCUT2D eigenvalue weighted by Crippen LogP contribution is -2.35. The second kappa shape index (κ2) is 9.88. The number of carbonyl (C=O) groups excluding carboxylic acids is 3. The van der Waals surface area contributed by atoms with Gasteiger partial charge in [0.05, 0.1) is 23.6 Å². The van der Waals surface area contributed by atoms with Gasteiger partial charge in [-0.25, -0.2) is 0 Å². The predicted octanol–water partition coefficient (Wildman–Crippen LogP) is 3.49. The number of benzene rings is 2. The van der Waals surface area contributed by atoms with Crippen LogP contribution in [0.3, 0.4) is 0 Å². The molecule has 2 aliphatic rings. The SMILES string of the molecule is O=C(OCCN1C(=O)c2ccccc2C1=O)C(CCN1CCCCC1)c1ccccc1. The number of amides is 2. The molecule has 2 aromatic carbocycles. The van der Waals surface area contributed by atoms with Gasteiger partial charge in [0.2, 0.25) is 0 Å². The zero-order chi connectivity index (χ0) is 21.6. The summed E-state index contributed by atoms with van der Waals surface area (Å²) in [6, 6.07) is 16.4. The lowest BCUT2D eigenvalue weighted by Gasteiger charge is -2.28. The van der Waals surface area contributed by atoms with Gasteiger partial charge in [0.15, 0.2) is 0 Å². The highest BCUT2D eigenvalue weighted by molar-refractivity contribution is 6.21. The van der Waals surface area contributed by atoms with Crippen LogP contribution < -0.4 is 0 Å². The average Bonchev–Trinajstić information content (AvgIpc) is 3.06. The molecule has 162 valence electrons. The molecule has 0 radical (unpaired) electrons. The van der Waals surface area contributed by atoms with E-state index in [1.54, 1.807) is 24.3 Å². The number of rotatable bonds is 8. The number of piperidine rings is 1. The van der Waals surface area contributed by atoms with E-state index in [9.17, 15) is 14.4 Å². The zero-order valence-corrected chi connectivity index (χ0v) is 17.7. The Kier molecular flexibility index (Phi) is 6.77. The van der Waals surface area contributed by atoms with Crippen molar-refractivity contribution in [1.82, 2.24) is 9.80 Å². The lowest BCUT2D eigenvalue weighted by molar-refractivity contribution is -0.146. The highest BCUT2D eigenvalue weighted by atomic mass is 16.5. The van der Waals surface area contributed by atoms with Crippen LogP contribution in [-0.2, 0) is 9.53 Å². The first-order valence-corrected chi connectivity index (χ1v) is 11.0. The molecule has 0 spiro atoms. The highest BCUT2D eigenvalue weighted by Crippen LogP contribution is 2.24. The number of esters is 1. The van der Waals surface area contributed by atoms with Crippen molar-refractivity contribution in [2.75, 3.05) is 32.8 Å². The molecule has 6 nitrogen and oxygen atoms in total. The van der Waals surface area contributed by atoms with Gasteiger partial charge in [0, 0.05) is 0 Å². The standard InChI is InChI=1S/C25H28N2O4/c28-23-21-11-5-6-12-22(21)24(29)27(23)17-18-31-25(30)20(19-9-3-1-4-10-19)13-16-26-14-7-2-8-15-26/h1,3-6,9-12,20H,2,7-8,13-18H2. The maximum absolute atomic E-state index is 12.9. The van der Waals surface area contributed by atoms with Crippen molar-refractivity contribution in [3.8, 4) is 0 Å². The van der Waals surface area contributed by atoms with E-state index in [1.165, 1.54) is 19.3 Å². The molecule has 4 rings (SSSR count). The lowest BCUT2D eigenvalue weighted by atomic mass is 9.95. The van der Waals surface area contributed by atoms with Gasteiger partial charge in [0.25, 0.3) is 11.8 Å². The summed E-state index contributed by atoms with van der Waals surface area (Å²) in [4.78, 5) is 41.5. The molecule has 1 atom stereocenters. The van der Waals surface area contributed by atoms with Crippen LogP contribution in [0, 0.1) is 0 Å². The molecule has 2 aliphatic heterocycles. The second-order valence-corrected chi connectivity index (χ2v) is 8.13. The van der Waals surface area contributed by atoms with Crippen molar-refractivity contribution >= 4 is 17.8 Å². The molecule has 2 aromatic rings. The minimum atomic E-state index is -0.356. The van der Waals surface area contributed by atoms with Crippen molar-refractivity contribution in [2.24, 2.45) is 0 Å². The highest BCUT2D eigenvalue weighted by Gasteiger charge is 2.35. The Morgan fingerprint density at radius 3 is 2.10 bits per heavy atom. The zero-order valence-electron chi connectivity index (χ0n) is 17.7. The summed E-state index contributed by atoms with van der Waals surface area (Å²) in [7, 11) is 0. The molecular formula is C25H28N2O4. The van der Waals surface area contributed by atoms with E-state index in [1.807, 2.05) is 30.3 Å². The quantitative estimate of drug-likeness (QED) is 0.483. The number of hydrogen-bond donors (Lipinski definition) is 0. The maximum atomic E-state index is 12.9. The largest absolute Gasteiger partial charge is 0.463 e. The number of fused-ring (bicyclic) bond motifs is 1. The molecule has 1 fully saturated rings. The van der Waals surface area contributed by atoms with Crippen LogP contribution in [-0.4, -0.2) is 60.4 Å². The van der Waals surface area contributed by atoms with E-state index in [0.29, 0.717) is 17.5 Å². The fraction of sp³-hybridized carbons (Fsp3) is 0.400. The molecule has 0 bridgehead atoms. The maximum Gasteiger partial charge on any atom is 0.313 e. The van der Waals surface area contributed by atoms with Crippen molar-refractivity contribution in [3.05, 3.63) is 71.3 Å². The van der Waals surface area contributed by atoms with Gasteiger partial charge in [-0.3, -0.25) is 19.3 Å². The Labute approximate surface area is 182 Å². The van der Waals surface area contributed by atoms with Crippen LogP contribution in [0.25, 0.3) is 0 Å². The average molecular weight is 421 g/mol. The number of imide groups is 1. The van der Waals surface area contributed by atoms with Gasteiger partial charge >= 0.3 is 5.97 Å². The van der Waals surface area contributed by atoms with Gasteiger partial charge in [0.1, 0.15) is 6.61 Å². The minimum absolute atomic E-state index is 0.00263. The number of likely N-dealkylation sites (tertiary alicyclic amines) is 1. The number of ether oxygens (including phenoxy) is 1. The molecule has 2 heterocycles. The Hall–Kier alpha value is -2.99. The third kappa shape index (κ3) is 4.85. The molecule has 0 saturated carbocycles. The van der Waals surface area contributed by atoms with Crippen LogP contribution in [0.1, 0.15) is 57.9 Å². The normalized spacial score (nSPS) is 17.5. The first kappa shape index (κ1) is 21.2. The molecule has 1 saturated heterocycles. The molecule has 2 amide bonds. The van der Waals surface area contributed by atoms with Crippen LogP contribution in [0.15, 0.2) is 54.6 Å². The topological polar surface area (TPSA) is 66.9 Å². The van der Waals surface area contributed by atoms with E-state index in [4.69, 9.17) is 4.74 Å². The van der Waals surface area contributed by atoms with Crippen molar-refractivity contribution in [2.45, 2.75) is 31.6 Å². The monoisotopic (exact) mass is 420 g/mol. The van der Waals surface area contributed by atoms with E-state index >= 15 is 0 Å². The Bertz CT molecular complexity index is 903. The predicted molar refractivity (Wildman–Crippen MR) is 117 cm³/mol. The molecule has 1 unspecified atom stereocenters. The molecular weight excluding hydrogens is 392 g/mol. The van der Waals surface area contributed by atoms with E-state index in [-0.39, 0.29) is 36.9 Å². The first-order valence-electron chi connectivity index (χ1n) is 11.0. The third-order valence-electron chi connectivity index (χ3n) is 6.11. The van der Waals surface area contributed by atoms with Crippen molar-refractivity contribution in [1.29, 1.82) is 0 Å². The fourth-order valence-corrected chi connectivity index (χ4v) is 4.38. The number of hydrogen-bond acceptors (Lipinski definition) is 5. The number of nitrogens with zero attached hydrogens (tertiary/aromatic N) is 2. The van der Waals surface area contributed by atoms with Gasteiger partial charge in [-0.2, -0.15) is 0 Å². The first-order chi connectivity index (χ1) is 15.1. The fourth-order valence-electron chi connectivity index (χ4n) is 4.38.